The molecule has 2 heteroatoms. The molecule has 1 nitrogen and oxygen atoms in total. The Balaban J connectivity index is 1.89. The summed E-state index contributed by atoms with van der Waals surface area (Å²) < 4.78 is 1.07. The summed E-state index contributed by atoms with van der Waals surface area (Å²) in [7, 11) is 0. The molecule has 2 aromatic carbocycles. The number of hydrogen-bond donors (Lipinski definition) is 0. The maximum atomic E-state index is 12.0. The van der Waals surface area contributed by atoms with E-state index in [-0.39, 0.29) is 11.7 Å². The van der Waals surface area contributed by atoms with Crippen molar-refractivity contribution in [1.29, 1.82) is 0 Å². The fourth-order valence-electron chi connectivity index (χ4n) is 2.72. The van der Waals surface area contributed by atoms with Crippen LogP contribution in [-0.4, -0.2) is 5.78 Å². The normalized spacial score (nSPS) is 18.8. The smallest absolute Gasteiger partial charge is 0.156 e. The van der Waals surface area contributed by atoms with Crippen LogP contribution in [0.3, 0.4) is 0 Å². The van der Waals surface area contributed by atoms with Crippen LogP contribution >= 0.6 is 15.9 Å². The van der Waals surface area contributed by atoms with Gasteiger partial charge in [-0.1, -0.05) is 58.4 Å². The van der Waals surface area contributed by atoms with Crippen molar-refractivity contribution in [2.24, 2.45) is 0 Å². The summed E-state index contributed by atoms with van der Waals surface area (Å²) in [5, 5.41) is 0. The standard InChI is InChI=1S/C18H15BrO/c19-17-8-6-14(7-9-17)16-10-15(11-18(20)12-16)13-4-2-1-3-5-13/h1-9,11,16H,10,12H2/t16-/m1/s1. The SMILES string of the molecule is O=C1C=C(c2ccccc2)C[C@@H](c2ccc(Br)cc2)C1. The third-order valence-corrected chi connectivity index (χ3v) is 4.26. The number of carbonyl (C=O) groups is 1. The van der Waals surface area contributed by atoms with E-state index in [2.05, 4.69) is 40.2 Å². The molecule has 20 heavy (non-hydrogen) atoms. The minimum Gasteiger partial charge on any atom is -0.295 e. The fraction of sp³-hybridized carbons (Fsp3) is 0.167. The van der Waals surface area contributed by atoms with Crippen LogP contribution < -0.4 is 0 Å². The first-order valence-electron chi connectivity index (χ1n) is 6.76. The molecule has 0 saturated heterocycles. The molecular formula is C18H15BrO. The zero-order chi connectivity index (χ0) is 13.9. The molecule has 0 N–H and O–H groups in total. The topological polar surface area (TPSA) is 17.1 Å². The molecule has 0 aromatic heterocycles. The molecule has 0 bridgehead atoms. The van der Waals surface area contributed by atoms with Crippen LogP contribution in [0.2, 0.25) is 0 Å². The zero-order valence-electron chi connectivity index (χ0n) is 11.1. The molecule has 0 radical (unpaired) electrons. The van der Waals surface area contributed by atoms with Gasteiger partial charge in [-0.15, -0.1) is 0 Å². The van der Waals surface area contributed by atoms with Crippen molar-refractivity contribution in [1.82, 2.24) is 0 Å². The van der Waals surface area contributed by atoms with Crippen molar-refractivity contribution in [2.45, 2.75) is 18.8 Å². The molecule has 1 aliphatic rings. The van der Waals surface area contributed by atoms with Crippen molar-refractivity contribution in [3.63, 3.8) is 0 Å². The molecule has 2 aromatic rings. The van der Waals surface area contributed by atoms with E-state index in [0.717, 1.165) is 22.0 Å². The number of halogens is 1. The van der Waals surface area contributed by atoms with E-state index in [1.807, 2.05) is 36.4 Å². The first-order chi connectivity index (χ1) is 9.72. The summed E-state index contributed by atoms with van der Waals surface area (Å²) in [6, 6.07) is 18.5. The Kier molecular flexibility index (Phi) is 3.83. The number of ketones is 1. The highest BCUT2D eigenvalue weighted by atomic mass is 79.9. The Morgan fingerprint density at radius 2 is 1.60 bits per heavy atom. The lowest BCUT2D eigenvalue weighted by atomic mass is 9.81. The van der Waals surface area contributed by atoms with E-state index in [9.17, 15) is 4.79 Å². The molecule has 100 valence electrons. The molecule has 0 unspecified atom stereocenters. The van der Waals surface area contributed by atoms with Crippen LogP contribution in [0.15, 0.2) is 65.1 Å². The monoisotopic (exact) mass is 326 g/mol. The van der Waals surface area contributed by atoms with Crippen LogP contribution in [0.5, 0.6) is 0 Å². The lowest BCUT2D eigenvalue weighted by molar-refractivity contribution is -0.115. The summed E-state index contributed by atoms with van der Waals surface area (Å²) in [6.07, 6.45) is 3.35. The minimum atomic E-state index is 0.225. The predicted molar refractivity (Wildman–Crippen MR) is 85.5 cm³/mol. The zero-order valence-corrected chi connectivity index (χ0v) is 12.6. The predicted octanol–water partition coefficient (Wildman–Crippen LogP) is 4.98. The number of benzene rings is 2. The fourth-order valence-corrected chi connectivity index (χ4v) is 2.98. The maximum Gasteiger partial charge on any atom is 0.156 e. The lowest BCUT2D eigenvalue weighted by Crippen LogP contribution is -2.12. The number of rotatable bonds is 2. The van der Waals surface area contributed by atoms with Crippen molar-refractivity contribution < 1.29 is 4.79 Å². The largest absolute Gasteiger partial charge is 0.295 e. The second-order valence-corrected chi connectivity index (χ2v) is 6.07. The van der Waals surface area contributed by atoms with Crippen LogP contribution in [0.25, 0.3) is 5.57 Å². The Labute approximate surface area is 127 Å². The van der Waals surface area contributed by atoms with Crippen molar-refractivity contribution in [3.8, 4) is 0 Å². The van der Waals surface area contributed by atoms with E-state index in [1.165, 1.54) is 5.56 Å². The molecule has 1 aliphatic carbocycles. The third-order valence-electron chi connectivity index (χ3n) is 3.74. The quantitative estimate of drug-likeness (QED) is 0.760. The van der Waals surface area contributed by atoms with Gasteiger partial charge in [0.2, 0.25) is 0 Å². The van der Waals surface area contributed by atoms with E-state index in [4.69, 9.17) is 0 Å². The van der Waals surface area contributed by atoms with Gasteiger partial charge in [-0.3, -0.25) is 4.79 Å². The van der Waals surface area contributed by atoms with Crippen molar-refractivity contribution in [3.05, 3.63) is 76.3 Å². The van der Waals surface area contributed by atoms with Gasteiger partial charge in [0.1, 0.15) is 0 Å². The highest BCUT2D eigenvalue weighted by molar-refractivity contribution is 9.10. The highest BCUT2D eigenvalue weighted by Gasteiger charge is 2.22. The van der Waals surface area contributed by atoms with Crippen LogP contribution in [-0.2, 0) is 4.79 Å². The van der Waals surface area contributed by atoms with E-state index in [0.29, 0.717) is 6.42 Å². The highest BCUT2D eigenvalue weighted by Crippen LogP contribution is 2.36. The minimum absolute atomic E-state index is 0.225. The summed E-state index contributed by atoms with van der Waals surface area (Å²) in [5.74, 6) is 0.513. The molecule has 0 saturated carbocycles. The van der Waals surface area contributed by atoms with Gasteiger partial charge in [0.05, 0.1) is 0 Å². The summed E-state index contributed by atoms with van der Waals surface area (Å²) in [6.45, 7) is 0. The van der Waals surface area contributed by atoms with Crippen LogP contribution in [0, 0.1) is 0 Å². The summed E-state index contributed by atoms with van der Waals surface area (Å²) >= 11 is 3.45. The van der Waals surface area contributed by atoms with Gasteiger partial charge in [0.15, 0.2) is 5.78 Å². The van der Waals surface area contributed by atoms with Crippen LogP contribution in [0.4, 0.5) is 0 Å². The molecule has 0 heterocycles. The van der Waals surface area contributed by atoms with Crippen LogP contribution in [0.1, 0.15) is 29.9 Å². The molecule has 0 fully saturated rings. The van der Waals surface area contributed by atoms with E-state index < -0.39 is 0 Å². The van der Waals surface area contributed by atoms with Crippen molar-refractivity contribution >= 4 is 27.3 Å². The van der Waals surface area contributed by atoms with Gasteiger partial charge in [-0.2, -0.15) is 0 Å². The Morgan fingerprint density at radius 1 is 0.900 bits per heavy atom. The number of hydrogen-bond acceptors (Lipinski definition) is 1. The Morgan fingerprint density at radius 3 is 2.30 bits per heavy atom. The first kappa shape index (κ1) is 13.3. The van der Waals surface area contributed by atoms with Gasteiger partial charge in [-0.25, -0.2) is 0 Å². The lowest BCUT2D eigenvalue weighted by Gasteiger charge is -2.22. The molecular weight excluding hydrogens is 312 g/mol. The number of allylic oxidation sites excluding steroid dienone is 2. The second kappa shape index (κ2) is 5.76. The van der Waals surface area contributed by atoms with Gasteiger partial charge >= 0.3 is 0 Å². The van der Waals surface area contributed by atoms with E-state index in [1.54, 1.807) is 0 Å². The Bertz CT molecular complexity index is 641. The average molecular weight is 327 g/mol. The van der Waals surface area contributed by atoms with Gasteiger partial charge in [0, 0.05) is 10.9 Å². The molecule has 0 aliphatic heterocycles. The van der Waals surface area contributed by atoms with Gasteiger partial charge < -0.3 is 0 Å². The number of carbonyl (C=O) groups excluding carboxylic acids is 1. The Hall–Kier alpha value is -1.67. The second-order valence-electron chi connectivity index (χ2n) is 5.16. The molecule has 1 atom stereocenters. The first-order valence-corrected chi connectivity index (χ1v) is 7.56. The van der Waals surface area contributed by atoms with Gasteiger partial charge in [0.25, 0.3) is 0 Å². The molecule has 0 amide bonds. The molecule has 3 rings (SSSR count). The average Bonchev–Trinajstić information content (AvgIpc) is 2.48. The summed E-state index contributed by atoms with van der Waals surface area (Å²) in [4.78, 5) is 12.0. The van der Waals surface area contributed by atoms with Gasteiger partial charge in [-0.05, 0) is 47.2 Å². The third kappa shape index (κ3) is 2.91. The van der Waals surface area contributed by atoms with E-state index >= 15 is 0 Å². The molecule has 0 spiro atoms. The van der Waals surface area contributed by atoms with Crippen molar-refractivity contribution in [2.75, 3.05) is 0 Å². The maximum absolute atomic E-state index is 12.0. The summed E-state index contributed by atoms with van der Waals surface area (Å²) in [5.41, 5.74) is 3.54.